The van der Waals surface area contributed by atoms with Crippen LogP contribution in [0.5, 0.6) is 0 Å². The maximum absolute atomic E-state index is 9.33. The van der Waals surface area contributed by atoms with E-state index in [1.54, 1.807) is 0 Å². The molecule has 2 aliphatic rings. The summed E-state index contributed by atoms with van der Waals surface area (Å²) in [5, 5.41) is 16.0. The molecular weight excluding hydrogens is 234 g/mol. The molecule has 0 unspecified atom stereocenters. The van der Waals surface area contributed by atoms with Gasteiger partial charge < -0.3 is 9.47 Å². The van der Waals surface area contributed by atoms with Gasteiger partial charge in [0, 0.05) is 30.8 Å². The van der Waals surface area contributed by atoms with Crippen molar-refractivity contribution in [2.24, 2.45) is 5.11 Å². The minimum Gasteiger partial charge on any atom is -0.348 e. The van der Waals surface area contributed by atoms with E-state index in [0.717, 1.165) is 12.8 Å². The topological polar surface area (TPSA) is 103 Å². The lowest BCUT2D eigenvalue weighted by Gasteiger charge is -2.40. The van der Waals surface area contributed by atoms with Crippen molar-refractivity contribution in [2.75, 3.05) is 26.3 Å². The molecule has 0 amide bonds. The first-order chi connectivity index (χ1) is 8.74. The van der Waals surface area contributed by atoms with E-state index in [1.807, 2.05) is 0 Å². The molecule has 0 atom stereocenters. The zero-order chi connectivity index (χ0) is 12.9. The van der Waals surface area contributed by atoms with Crippen LogP contribution in [0.2, 0.25) is 0 Å². The van der Waals surface area contributed by atoms with Gasteiger partial charge in [0.2, 0.25) is 0 Å². The number of nitrogens with zero attached hydrogens (tertiary/aromatic N) is 4. The van der Waals surface area contributed by atoms with E-state index in [9.17, 15) is 5.26 Å². The van der Waals surface area contributed by atoms with Gasteiger partial charge in [0.25, 0.3) is 0 Å². The van der Waals surface area contributed by atoms with Gasteiger partial charge in [-0.05, 0) is 18.4 Å². The van der Waals surface area contributed by atoms with Crippen LogP contribution in [0.4, 0.5) is 0 Å². The van der Waals surface area contributed by atoms with Crippen molar-refractivity contribution in [1.29, 1.82) is 5.26 Å². The van der Waals surface area contributed by atoms with E-state index in [2.05, 4.69) is 21.4 Å². The summed E-state index contributed by atoms with van der Waals surface area (Å²) in [4.78, 5) is 2.69. The first-order valence-corrected chi connectivity index (χ1v) is 6.19. The molecular formula is C11H17N5O2. The smallest absolute Gasteiger partial charge is 0.168 e. The van der Waals surface area contributed by atoms with E-state index >= 15 is 0 Å². The number of azide groups is 1. The van der Waals surface area contributed by atoms with Gasteiger partial charge in [0.15, 0.2) is 5.79 Å². The van der Waals surface area contributed by atoms with Crippen molar-refractivity contribution in [2.45, 2.75) is 37.0 Å². The van der Waals surface area contributed by atoms with Crippen LogP contribution in [0.1, 0.15) is 25.7 Å². The molecule has 1 aliphatic carbocycles. The minimum atomic E-state index is -0.536. The molecule has 2 fully saturated rings. The largest absolute Gasteiger partial charge is 0.348 e. The predicted octanol–water partition coefficient (Wildman–Crippen LogP) is 1.47. The summed E-state index contributed by atoms with van der Waals surface area (Å²) < 4.78 is 11.3. The standard InChI is InChI=1S/C11H17N5O2/c12-9-10(14-5-6-15-16-13)1-3-11(4-2-10)17-7-8-18-11/h14H,1-8H2. The van der Waals surface area contributed by atoms with Gasteiger partial charge in [-0.3, -0.25) is 5.32 Å². The summed E-state index contributed by atoms with van der Waals surface area (Å²) in [5.74, 6) is -0.452. The Morgan fingerprint density at radius 2 is 1.94 bits per heavy atom. The lowest BCUT2D eigenvalue weighted by molar-refractivity contribution is -0.183. The number of hydrogen-bond donors (Lipinski definition) is 1. The second-order valence-electron chi connectivity index (χ2n) is 4.68. The molecule has 1 spiro atoms. The van der Waals surface area contributed by atoms with Crippen molar-refractivity contribution in [3.05, 3.63) is 10.4 Å². The molecule has 0 aromatic carbocycles. The highest BCUT2D eigenvalue weighted by Crippen LogP contribution is 2.39. The fourth-order valence-electron chi connectivity index (χ4n) is 2.56. The van der Waals surface area contributed by atoms with Gasteiger partial charge in [-0.25, -0.2) is 0 Å². The van der Waals surface area contributed by atoms with E-state index in [1.165, 1.54) is 0 Å². The minimum absolute atomic E-state index is 0.359. The number of rotatable bonds is 4. The van der Waals surface area contributed by atoms with Crippen LogP contribution in [0, 0.1) is 11.3 Å². The van der Waals surface area contributed by atoms with Gasteiger partial charge in [-0.1, -0.05) is 5.11 Å². The third kappa shape index (κ3) is 2.74. The second kappa shape index (κ2) is 5.55. The first kappa shape index (κ1) is 13.1. The molecule has 0 bridgehead atoms. The highest BCUT2D eigenvalue weighted by atomic mass is 16.7. The fraction of sp³-hybridized carbons (Fsp3) is 0.909. The van der Waals surface area contributed by atoms with Gasteiger partial charge in [-0.15, -0.1) is 0 Å². The molecule has 0 radical (unpaired) electrons. The van der Waals surface area contributed by atoms with Gasteiger partial charge in [0.05, 0.1) is 19.3 Å². The quantitative estimate of drug-likeness (QED) is 0.353. The number of ether oxygens (including phenoxy) is 2. The van der Waals surface area contributed by atoms with Crippen molar-refractivity contribution in [3.63, 3.8) is 0 Å². The Morgan fingerprint density at radius 3 is 2.50 bits per heavy atom. The van der Waals surface area contributed by atoms with Crippen LogP contribution in [-0.2, 0) is 9.47 Å². The molecule has 0 aromatic heterocycles. The Balaban J connectivity index is 1.87. The summed E-state index contributed by atoms with van der Waals surface area (Å²) in [6.45, 7) is 2.16. The van der Waals surface area contributed by atoms with Crippen LogP contribution in [0.3, 0.4) is 0 Å². The molecule has 1 N–H and O–H groups in total. The summed E-state index contributed by atoms with van der Waals surface area (Å²) >= 11 is 0. The van der Waals surface area contributed by atoms with E-state index in [4.69, 9.17) is 15.0 Å². The van der Waals surface area contributed by atoms with E-state index in [-0.39, 0.29) is 0 Å². The van der Waals surface area contributed by atoms with Gasteiger partial charge in [-0.2, -0.15) is 5.26 Å². The lowest BCUT2D eigenvalue weighted by Crippen LogP contribution is -2.51. The number of hydrogen-bond acceptors (Lipinski definition) is 5. The SMILES string of the molecule is N#CC1(NCCN=[N+]=[N-])CCC2(CC1)OCCO2. The second-order valence-corrected chi connectivity index (χ2v) is 4.68. The first-order valence-electron chi connectivity index (χ1n) is 6.19. The van der Waals surface area contributed by atoms with Crippen LogP contribution < -0.4 is 5.32 Å². The highest BCUT2D eigenvalue weighted by molar-refractivity contribution is 5.11. The maximum Gasteiger partial charge on any atom is 0.168 e. The number of nitrogens with one attached hydrogen (secondary N) is 1. The molecule has 1 heterocycles. The maximum atomic E-state index is 9.33. The molecule has 1 saturated carbocycles. The molecule has 0 aromatic rings. The summed E-state index contributed by atoms with van der Waals surface area (Å²) in [6.07, 6.45) is 2.85. The van der Waals surface area contributed by atoms with E-state index < -0.39 is 11.3 Å². The van der Waals surface area contributed by atoms with E-state index in [0.29, 0.717) is 39.1 Å². The molecule has 7 heteroatoms. The zero-order valence-corrected chi connectivity index (χ0v) is 10.3. The molecule has 1 aliphatic heterocycles. The summed E-state index contributed by atoms with van der Waals surface area (Å²) in [6, 6.07) is 2.34. The van der Waals surface area contributed by atoms with Crippen molar-refractivity contribution < 1.29 is 9.47 Å². The van der Waals surface area contributed by atoms with Crippen LogP contribution in [0.15, 0.2) is 5.11 Å². The molecule has 18 heavy (non-hydrogen) atoms. The Labute approximate surface area is 106 Å². The zero-order valence-electron chi connectivity index (χ0n) is 10.3. The summed E-state index contributed by atoms with van der Waals surface area (Å²) in [7, 11) is 0. The van der Waals surface area contributed by atoms with Crippen molar-refractivity contribution in [1.82, 2.24) is 5.32 Å². The summed E-state index contributed by atoms with van der Waals surface area (Å²) in [5.41, 5.74) is 7.66. The van der Waals surface area contributed by atoms with Gasteiger partial charge in [0.1, 0.15) is 5.54 Å². The predicted molar refractivity (Wildman–Crippen MR) is 63.5 cm³/mol. The van der Waals surface area contributed by atoms with Crippen LogP contribution in [0.25, 0.3) is 10.4 Å². The Bertz CT molecular complexity index is 369. The molecule has 98 valence electrons. The lowest BCUT2D eigenvalue weighted by atomic mass is 9.79. The van der Waals surface area contributed by atoms with Crippen LogP contribution >= 0.6 is 0 Å². The van der Waals surface area contributed by atoms with Crippen molar-refractivity contribution in [3.8, 4) is 6.07 Å². The Morgan fingerprint density at radius 1 is 1.28 bits per heavy atom. The Kier molecular flexibility index (Phi) is 4.04. The highest BCUT2D eigenvalue weighted by Gasteiger charge is 2.46. The molecule has 1 saturated heterocycles. The molecule has 2 rings (SSSR count). The third-order valence-electron chi connectivity index (χ3n) is 3.63. The monoisotopic (exact) mass is 251 g/mol. The molecule has 7 nitrogen and oxygen atoms in total. The normalized spacial score (nSPS) is 24.4. The fourth-order valence-corrected chi connectivity index (χ4v) is 2.56. The Hall–Kier alpha value is -1.32. The average Bonchev–Trinajstić information content (AvgIpc) is 2.86. The third-order valence-corrected chi connectivity index (χ3v) is 3.63. The van der Waals surface area contributed by atoms with Gasteiger partial charge >= 0.3 is 0 Å². The van der Waals surface area contributed by atoms with Crippen LogP contribution in [-0.4, -0.2) is 37.6 Å². The number of nitriles is 1. The average molecular weight is 251 g/mol. The van der Waals surface area contributed by atoms with Crippen molar-refractivity contribution >= 4 is 0 Å².